The molecule has 2 atom stereocenters. The van der Waals surface area contributed by atoms with Crippen LogP contribution in [0.5, 0.6) is 0 Å². The lowest BCUT2D eigenvalue weighted by Gasteiger charge is -2.19. The minimum atomic E-state index is -3.15. The van der Waals surface area contributed by atoms with Crippen molar-refractivity contribution in [3.05, 3.63) is 46.2 Å². The lowest BCUT2D eigenvalue weighted by atomic mass is 10.2. The van der Waals surface area contributed by atoms with Crippen molar-refractivity contribution in [2.75, 3.05) is 6.26 Å². The normalized spacial score (nSPS) is 14.9. The van der Waals surface area contributed by atoms with Crippen molar-refractivity contribution in [1.29, 1.82) is 0 Å². The maximum absolute atomic E-state index is 11.5. The maximum Gasteiger partial charge on any atom is 0.175 e. The van der Waals surface area contributed by atoms with Gasteiger partial charge in [0.15, 0.2) is 9.84 Å². The summed E-state index contributed by atoms with van der Waals surface area (Å²) in [6, 6.07) is 11.2. The number of hydrogen-bond acceptors (Lipinski definition) is 5. The van der Waals surface area contributed by atoms with Crippen molar-refractivity contribution in [3.8, 4) is 0 Å². The standard InChI is InChI=1S/C15H19NO2S3/c1-10-4-9-14(19-10)15(11(2)16)20-12-5-7-13(8-6-12)21(3,17)18/h4-9,11,15H,16H2,1-3H3. The van der Waals surface area contributed by atoms with Crippen molar-refractivity contribution in [3.63, 3.8) is 0 Å². The molecule has 114 valence electrons. The largest absolute Gasteiger partial charge is 0.327 e. The summed E-state index contributed by atoms with van der Waals surface area (Å²) in [5.74, 6) is 0. The number of benzene rings is 1. The number of aryl methyl sites for hydroxylation is 1. The molecule has 2 rings (SSSR count). The summed E-state index contributed by atoms with van der Waals surface area (Å²) in [7, 11) is -3.15. The molecule has 2 unspecified atom stereocenters. The van der Waals surface area contributed by atoms with E-state index in [9.17, 15) is 8.42 Å². The van der Waals surface area contributed by atoms with E-state index in [0.29, 0.717) is 4.90 Å². The number of nitrogens with two attached hydrogens (primary N) is 1. The van der Waals surface area contributed by atoms with Gasteiger partial charge in [0.2, 0.25) is 0 Å². The molecule has 0 bridgehead atoms. The van der Waals surface area contributed by atoms with Crippen molar-refractivity contribution < 1.29 is 8.42 Å². The number of sulfone groups is 1. The number of thiophene rings is 1. The van der Waals surface area contributed by atoms with E-state index in [4.69, 9.17) is 5.73 Å². The summed E-state index contributed by atoms with van der Waals surface area (Å²) in [4.78, 5) is 3.88. The van der Waals surface area contributed by atoms with Crippen LogP contribution in [0.3, 0.4) is 0 Å². The average Bonchev–Trinajstić information content (AvgIpc) is 2.81. The quantitative estimate of drug-likeness (QED) is 0.844. The summed E-state index contributed by atoms with van der Waals surface area (Å²) in [6.45, 7) is 4.08. The maximum atomic E-state index is 11.5. The first-order valence-corrected chi connectivity index (χ1v) is 10.1. The van der Waals surface area contributed by atoms with Crippen molar-refractivity contribution in [2.24, 2.45) is 5.73 Å². The fourth-order valence-electron chi connectivity index (χ4n) is 1.94. The molecular weight excluding hydrogens is 322 g/mol. The average molecular weight is 342 g/mol. The zero-order valence-electron chi connectivity index (χ0n) is 12.2. The molecule has 1 aromatic heterocycles. The van der Waals surface area contributed by atoms with Crippen LogP contribution in [0.4, 0.5) is 0 Å². The van der Waals surface area contributed by atoms with Gasteiger partial charge in [-0.25, -0.2) is 8.42 Å². The van der Waals surface area contributed by atoms with Gasteiger partial charge in [-0.2, -0.15) is 0 Å². The number of hydrogen-bond donors (Lipinski definition) is 1. The molecule has 0 radical (unpaired) electrons. The number of rotatable bonds is 5. The zero-order valence-corrected chi connectivity index (χ0v) is 14.7. The van der Waals surface area contributed by atoms with E-state index in [-0.39, 0.29) is 11.3 Å². The van der Waals surface area contributed by atoms with Crippen molar-refractivity contribution in [2.45, 2.75) is 34.9 Å². The molecule has 0 amide bonds. The second kappa shape index (κ2) is 6.52. The fourth-order valence-corrected chi connectivity index (χ4v) is 4.83. The van der Waals surface area contributed by atoms with Gasteiger partial charge in [-0.15, -0.1) is 23.1 Å². The minimum Gasteiger partial charge on any atom is -0.327 e. The Morgan fingerprint density at radius 2 is 1.76 bits per heavy atom. The summed E-state index contributed by atoms with van der Waals surface area (Å²) in [5, 5.41) is 0.174. The van der Waals surface area contributed by atoms with E-state index in [1.54, 1.807) is 35.2 Å². The molecule has 0 aliphatic carbocycles. The highest BCUT2D eigenvalue weighted by Gasteiger charge is 2.19. The molecule has 0 spiro atoms. The van der Waals surface area contributed by atoms with Gasteiger partial charge >= 0.3 is 0 Å². The molecular formula is C15H19NO2S3. The van der Waals surface area contributed by atoms with E-state index < -0.39 is 9.84 Å². The second-order valence-corrected chi connectivity index (χ2v) is 9.64. The van der Waals surface area contributed by atoms with E-state index in [1.807, 2.05) is 19.1 Å². The van der Waals surface area contributed by atoms with Crippen LogP contribution < -0.4 is 5.73 Å². The van der Waals surface area contributed by atoms with Gasteiger partial charge in [0, 0.05) is 26.9 Å². The second-order valence-electron chi connectivity index (χ2n) is 5.09. The van der Waals surface area contributed by atoms with Crippen LogP contribution in [0, 0.1) is 6.92 Å². The molecule has 3 nitrogen and oxygen atoms in total. The van der Waals surface area contributed by atoms with E-state index >= 15 is 0 Å². The van der Waals surface area contributed by atoms with Gasteiger partial charge in [0.25, 0.3) is 0 Å². The smallest absolute Gasteiger partial charge is 0.175 e. The van der Waals surface area contributed by atoms with Gasteiger partial charge in [-0.05, 0) is 50.2 Å². The summed E-state index contributed by atoms with van der Waals surface area (Å²) < 4.78 is 22.9. The molecule has 0 saturated carbocycles. The Morgan fingerprint density at radius 1 is 1.14 bits per heavy atom. The van der Waals surface area contributed by atoms with Crippen molar-refractivity contribution >= 4 is 32.9 Å². The molecule has 0 fully saturated rings. The lowest BCUT2D eigenvalue weighted by molar-refractivity contribution is 0.602. The Labute approximate surface area is 134 Å². The topological polar surface area (TPSA) is 60.2 Å². The highest BCUT2D eigenvalue weighted by atomic mass is 32.2. The lowest BCUT2D eigenvalue weighted by Crippen LogP contribution is -2.21. The third kappa shape index (κ3) is 4.32. The van der Waals surface area contributed by atoms with Crippen molar-refractivity contribution in [1.82, 2.24) is 0 Å². The molecule has 6 heteroatoms. The Balaban J connectivity index is 2.22. The predicted octanol–water partition coefficient (Wildman–Crippen LogP) is 3.64. The Morgan fingerprint density at radius 3 is 2.19 bits per heavy atom. The first-order chi connectivity index (χ1) is 9.77. The van der Waals surface area contributed by atoms with Crippen LogP contribution >= 0.6 is 23.1 Å². The molecule has 1 aromatic carbocycles. The summed E-state index contributed by atoms with van der Waals surface area (Å²) >= 11 is 3.43. The fraction of sp³-hybridized carbons (Fsp3) is 0.333. The third-order valence-electron chi connectivity index (χ3n) is 3.03. The number of thioether (sulfide) groups is 1. The monoisotopic (exact) mass is 341 g/mol. The Hall–Kier alpha value is -0.820. The first kappa shape index (κ1) is 16.5. The third-order valence-corrected chi connectivity index (χ3v) is 6.88. The molecule has 2 aromatic rings. The molecule has 0 saturated heterocycles. The molecule has 0 aliphatic rings. The van der Waals surface area contributed by atoms with E-state index in [0.717, 1.165) is 4.90 Å². The molecule has 21 heavy (non-hydrogen) atoms. The predicted molar refractivity (Wildman–Crippen MR) is 90.9 cm³/mol. The molecule has 2 N–H and O–H groups in total. The van der Waals surface area contributed by atoms with Crippen LogP contribution in [-0.2, 0) is 9.84 Å². The van der Waals surface area contributed by atoms with E-state index in [2.05, 4.69) is 19.1 Å². The van der Waals surface area contributed by atoms with Crippen LogP contribution in [0.15, 0.2) is 46.2 Å². The van der Waals surface area contributed by atoms with E-state index in [1.165, 1.54) is 16.0 Å². The van der Waals surface area contributed by atoms with Gasteiger partial charge in [0.05, 0.1) is 10.1 Å². The SMILES string of the molecule is Cc1ccc(C(Sc2ccc(S(C)(=O)=O)cc2)C(C)N)s1. The Kier molecular flexibility index (Phi) is 5.14. The molecule has 1 heterocycles. The van der Waals surface area contributed by atoms with Gasteiger partial charge in [0.1, 0.15) is 0 Å². The van der Waals surface area contributed by atoms with Crippen LogP contribution in [0.1, 0.15) is 21.9 Å². The van der Waals surface area contributed by atoms with Gasteiger partial charge in [-0.1, -0.05) is 0 Å². The Bertz CT molecular complexity index is 703. The zero-order chi connectivity index (χ0) is 15.6. The minimum absolute atomic E-state index is 0.0163. The van der Waals surface area contributed by atoms with Gasteiger partial charge in [-0.3, -0.25) is 0 Å². The van der Waals surface area contributed by atoms with Crippen LogP contribution in [-0.4, -0.2) is 20.7 Å². The van der Waals surface area contributed by atoms with Crippen LogP contribution in [0.25, 0.3) is 0 Å². The first-order valence-electron chi connectivity index (χ1n) is 6.56. The van der Waals surface area contributed by atoms with Crippen LogP contribution in [0.2, 0.25) is 0 Å². The summed E-state index contributed by atoms with van der Waals surface area (Å²) in [5.41, 5.74) is 6.11. The summed E-state index contributed by atoms with van der Waals surface area (Å²) in [6.07, 6.45) is 1.22. The highest BCUT2D eigenvalue weighted by molar-refractivity contribution is 7.99. The highest BCUT2D eigenvalue weighted by Crippen LogP contribution is 2.40. The molecule has 0 aliphatic heterocycles. The van der Waals surface area contributed by atoms with Gasteiger partial charge < -0.3 is 5.73 Å².